The van der Waals surface area contributed by atoms with E-state index in [0.29, 0.717) is 30.1 Å². The van der Waals surface area contributed by atoms with Crippen LogP contribution in [0.5, 0.6) is 0 Å². The Morgan fingerprint density at radius 3 is 2.87 bits per heavy atom. The maximum absolute atomic E-state index is 14.5. The van der Waals surface area contributed by atoms with Crippen molar-refractivity contribution in [2.75, 3.05) is 0 Å². The Balaban J connectivity index is 1.18. The molecule has 0 radical (unpaired) electrons. The first-order valence-electron chi connectivity index (χ1n) is 12.7. The third kappa shape index (κ3) is 4.98. The molecule has 1 aliphatic rings. The summed E-state index contributed by atoms with van der Waals surface area (Å²) in [7, 11) is 0. The number of halogens is 2. The number of nitrogens with one attached hydrogen (secondary N) is 1. The van der Waals surface area contributed by atoms with E-state index in [4.69, 9.17) is 23.2 Å². The third-order valence-corrected chi connectivity index (χ3v) is 7.27. The predicted octanol–water partition coefficient (Wildman–Crippen LogP) is 5.07. The standard InChI is InChI=1S/C28H26ClFN8O/c1-28(2,31-3)9-18-8-19(17-4-5-17)12-37-14-21(35-26(18)37)15-38-13-20(10-34-38)27(39)32-11-23-25-24(30)22(29)6-7-36(25)16-33-23/h6-8,10,12-14,16-17H,4-5,9,11,15H2,1-2H3,(H,32,39). The second kappa shape index (κ2) is 9.50. The van der Waals surface area contributed by atoms with Crippen LogP contribution < -0.4 is 5.32 Å². The fraction of sp³-hybridized carbons (Fsp3) is 0.321. The summed E-state index contributed by atoms with van der Waals surface area (Å²) in [5, 5.41) is 7.11. The summed E-state index contributed by atoms with van der Waals surface area (Å²) in [6.07, 6.45) is 13.4. The number of amides is 1. The highest BCUT2D eigenvalue weighted by Gasteiger charge is 2.29. The Kier molecular flexibility index (Phi) is 6.11. The van der Waals surface area contributed by atoms with Gasteiger partial charge in [0.2, 0.25) is 5.54 Å². The molecule has 5 aromatic heterocycles. The van der Waals surface area contributed by atoms with Crippen LogP contribution in [0.4, 0.5) is 4.39 Å². The summed E-state index contributed by atoms with van der Waals surface area (Å²) in [5.41, 5.74) is 4.46. The fourth-order valence-electron chi connectivity index (χ4n) is 4.81. The van der Waals surface area contributed by atoms with Crippen LogP contribution in [0, 0.1) is 12.4 Å². The van der Waals surface area contributed by atoms with Crippen molar-refractivity contribution in [1.82, 2.24) is 33.9 Å². The summed E-state index contributed by atoms with van der Waals surface area (Å²) < 4.78 is 19.7. The molecule has 1 fully saturated rings. The molecule has 1 saturated carbocycles. The molecule has 9 nitrogen and oxygen atoms in total. The molecule has 0 aliphatic heterocycles. The minimum atomic E-state index is -0.578. The first-order chi connectivity index (χ1) is 18.7. The molecule has 1 amide bonds. The van der Waals surface area contributed by atoms with Crippen molar-refractivity contribution >= 4 is 28.7 Å². The molecule has 0 atom stereocenters. The van der Waals surface area contributed by atoms with Crippen molar-refractivity contribution in [3.63, 3.8) is 0 Å². The molecule has 5 aromatic rings. The van der Waals surface area contributed by atoms with Crippen molar-refractivity contribution in [3.8, 4) is 0 Å². The number of aromatic nitrogens is 6. The van der Waals surface area contributed by atoms with Gasteiger partial charge in [-0.05, 0) is 30.4 Å². The number of imidazole rings is 2. The first-order valence-corrected chi connectivity index (χ1v) is 13.1. The largest absolute Gasteiger partial charge is 0.346 e. The van der Waals surface area contributed by atoms with Crippen molar-refractivity contribution in [2.24, 2.45) is 0 Å². The number of rotatable bonds is 8. The summed E-state index contributed by atoms with van der Waals surface area (Å²) in [4.78, 5) is 25.6. The van der Waals surface area contributed by atoms with Gasteiger partial charge >= 0.3 is 0 Å². The van der Waals surface area contributed by atoms with E-state index in [1.165, 1.54) is 41.4 Å². The average Bonchev–Trinajstić information content (AvgIpc) is 3.30. The summed E-state index contributed by atoms with van der Waals surface area (Å²) in [6.45, 7) is 11.9. The van der Waals surface area contributed by atoms with Crippen molar-refractivity contribution in [2.45, 2.75) is 57.7 Å². The molecule has 198 valence electrons. The lowest BCUT2D eigenvalue weighted by atomic mass is 9.95. The molecular formula is C28H26ClFN8O. The molecule has 1 aliphatic carbocycles. The lowest BCUT2D eigenvalue weighted by Gasteiger charge is -2.13. The lowest BCUT2D eigenvalue weighted by molar-refractivity contribution is 0.0950. The number of carbonyl (C=O) groups excluding carboxylic acids is 1. The van der Waals surface area contributed by atoms with Crippen LogP contribution in [0.2, 0.25) is 5.02 Å². The number of nitrogens with zero attached hydrogens (tertiary/aromatic N) is 7. The number of hydrogen-bond donors (Lipinski definition) is 1. The minimum absolute atomic E-state index is 0.00483. The number of pyridine rings is 2. The predicted molar refractivity (Wildman–Crippen MR) is 144 cm³/mol. The van der Waals surface area contributed by atoms with Crippen molar-refractivity contribution < 1.29 is 9.18 Å². The van der Waals surface area contributed by atoms with E-state index in [1.54, 1.807) is 17.1 Å². The van der Waals surface area contributed by atoms with Gasteiger partial charge in [-0.25, -0.2) is 20.9 Å². The van der Waals surface area contributed by atoms with Crippen LogP contribution in [0.15, 0.2) is 49.4 Å². The SMILES string of the molecule is [C-]#[N+]C(C)(C)Cc1cc(C2CC2)cn2cc(Cn3cc(C(=O)NCc4ncn5ccc(Cl)c(F)c45)cn3)nc12. The molecule has 0 bridgehead atoms. The molecule has 39 heavy (non-hydrogen) atoms. The molecule has 6 rings (SSSR count). The Morgan fingerprint density at radius 2 is 2.10 bits per heavy atom. The average molecular weight is 545 g/mol. The van der Waals surface area contributed by atoms with Crippen molar-refractivity contribution in [1.29, 1.82) is 0 Å². The van der Waals surface area contributed by atoms with Crippen LogP contribution >= 0.6 is 11.6 Å². The molecule has 0 spiro atoms. The smallest absolute Gasteiger partial charge is 0.254 e. The summed E-state index contributed by atoms with van der Waals surface area (Å²) in [5.74, 6) is -0.347. The zero-order chi connectivity index (χ0) is 27.3. The first kappa shape index (κ1) is 25.1. The molecule has 11 heteroatoms. The van der Waals surface area contributed by atoms with Gasteiger partial charge in [0.15, 0.2) is 5.82 Å². The number of carbonyl (C=O) groups is 1. The topological polar surface area (TPSA) is 85.9 Å². The zero-order valence-corrected chi connectivity index (χ0v) is 22.3. The highest BCUT2D eigenvalue weighted by molar-refractivity contribution is 6.31. The highest BCUT2D eigenvalue weighted by atomic mass is 35.5. The number of hydrogen-bond acceptors (Lipinski definition) is 4. The monoisotopic (exact) mass is 544 g/mol. The van der Waals surface area contributed by atoms with Gasteiger partial charge in [-0.2, -0.15) is 5.10 Å². The van der Waals surface area contributed by atoms with Gasteiger partial charge in [-0.1, -0.05) is 17.7 Å². The van der Waals surface area contributed by atoms with Gasteiger partial charge in [0, 0.05) is 44.2 Å². The molecular weight excluding hydrogens is 519 g/mol. The molecule has 0 aromatic carbocycles. The van der Waals surface area contributed by atoms with Crippen molar-refractivity contribution in [3.05, 3.63) is 99.8 Å². The maximum atomic E-state index is 14.5. The lowest BCUT2D eigenvalue weighted by Crippen LogP contribution is -2.22. The van der Waals surface area contributed by atoms with Crippen LogP contribution in [0.3, 0.4) is 0 Å². The van der Waals surface area contributed by atoms with E-state index in [-0.39, 0.29) is 23.0 Å². The Bertz CT molecular complexity index is 1770. The van der Waals surface area contributed by atoms with Gasteiger partial charge < -0.3 is 19.0 Å². The van der Waals surface area contributed by atoms with Gasteiger partial charge in [0.1, 0.15) is 11.2 Å². The Morgan fingerprint density at radius 1 is 1.28 bits per heavy atom. The quantitative estimate of drug-likeness (QED) is 0.276. The minimum Gasteiger partial charge on any atom is -0.346 e. The highest BCUT2D eigenvalue weighted by Crippen LogP contribution is 2.41. The van der Waals surface area contributed by atoms with E-state index < -0.39 is 11.4 Å². The maximum Gasteiger partial charge on any atom is 0.254 e. The normalized spacial score (nSPS) is 13.7. The molecule has 0 saturated heterocycles. The van der Waals surface area contributed by atoms with Gasteiger partial charge in [0.25, 0.3) is 5.91 Å². The van der Waals surface area contributed by atoms with Gasteiger partial charge in [-0.15, -0.1) is 0 Å². The van der Waals surface area contributed by atoms with E-state index in [9.17, 15) is 9.18 Å². The zero-order valence-electron chi connectivity index (χ0n) is 21.5. The van der Waals surface area contributed by atoms with Gasteiger partial charge in [-0.3, -0.25) is 9.48 Å². The van der Waals surface area contributed by atoms with E-state index in [2.05, 4.69) is 36.9 Å². The molecule has 1 N–H and O–H groups in total. The van der Waals surface area contributed by atoms with Crippen LogP contribution in [-0.2, 0) is 19.5 Å². The van der Waals surface area contributed by atoms with E-state index in [0.717, 1.165) is 16.9 Å². The van der Waals surface area contributed by atoms with E-state index in [1.807, 2.05) is 20.0 Å². The molecule has 0 unspecified atom stereocenters. The fourth-order valence-corrected chi connectivity index (χ4v) is 4.96. The van der Waals surface area contributed by atoms with Gasteiger partial charge in [0.05, 0.1) is 54.0 Å². The summed E-state index contributed by atoms with van der Waals surface area (Å²) in [6, 6.07) is 3.66. The molecule has 5 heterocycles. The van der Waals surface area contributed by atoms with E-state index >= 15 is 0 Å². The summed E-state index contributed by atoms with van der Waals surface area (Å²) >= 11 is 5.91. The second-order valence-electron chi connectivity index (χ2n) is 10.7. The Hall–Kier alpha value is -4.23. The Labute approximate surface area is 229 Å². The number of fused-ring (bicyclic) bond motifs is 2. The second-order valence-corrected chi connectivity index (χ2v) is 11.1. The van der Waals surface area contributed by atoms with Crippen LogP contribution in [-0.4, -0.2) is 40.0 Å². The third-order valence-electron chi connectivity index (χ3n) is 6.98. The van der Waals surface area contributed by atoms with Crippen LogP contribution in [0.1, 0.15) is 65.5 Å². The van der Waals surface area contributed by atoms with Crippen LogP contribution in [0.25, 0.3) is 16.0 Å².